The zero-order chi connectivity index (χ0) is 29.6. The van der Waals surface area contributed by atoms with Crippen molar-refractivity contribution in [3.8, 4) is 17.2 Å². The Hall–Kier alpha value is -5.74. The molecule has 1 aliphatic rings. The van der Waals surface area contributed by atoms with Crippen molar-refractivity contribution >= 4 is 33.6 Å². The topological polar surface area (TPSA) is 108 Å². The summed E-state index contributed by atoms with van der Waals surface area (Å²) in [5, 5.41) is 29.9. The van der Waals surface area contributed by atoms with Crippen LogP contribution in [-0.2, 0) is 12.1 Å². The summed E-state index contributed by atoms with van der Waals surface area (Å²) in [6, 6.07) is 34.6. The van der Waals surface area contributed by atoms with Gasteiger partial charge in [-0.25, -0.2) is 4.79 Å². The van der Waals surface area contributed by atoms with Gasteiger partial charge in [0.1, 0.15) is 0 Å². The third-order valence-corrected chi connectivity index (χ3v) is 8.24. The molecule has 1 saturated carbocycles. The highest BCUT2D eigenvalue weighted by atomic mass is 16.4. The van der Waals surface area contributed by atoms with E-state index in [9.17, 15) is 20.0 Å². The van der Waals surface area contributed by atoms with Crippen LogP contribution in [0.25, 0.3) is 32.8 Å². The predicted octanol–water partition coefficient (Wildman–Crippen LogP) is 6.89. The van der Waals surface area contributed by atoms with Crippen LogP contribution < -0.4 is 5.32 Å². The molecule has 0 radical (unpaired) electrons. The lowest BCUT2D eigenvalue weighted by molar-refractivity contribution is 0.0696. The average molecular weight is 563 g/mol. The Kier molecular flexibility index (Phi) is 6.25. The summed E-state index contributed by atoms with van der Waals surface area (Å²) in [6.45, 7) is 0.486. The molecular weight excluding hydrogens is 536 g/mol. The molecule has 6 aromatic rings. The maximum absolute atomic E-state index is 14.1. The summed E-state index contributed by atoms with van der Waals surface area (Å²) in [5.74, 6) is -1.22. The molecular formula is C36H26N4O3. The summed E-state index contributed by atoms with van der Waals surface area (Å²) >= 11 is 0. The van der Waals surface area contributed by atoms with Gasteiger partial charge >= 0.3 is 5.97 Å². The lowest BCUT2D eigenvalue weighted by Gasteiger charge is -2.19. The van der Waals surface area contributed by atoms with Crippen LogP contribution in [0.15, 0.2) is 109 Å². The molecule has 7 nitrogen and oxygen atoms in total. The molecule has 0 spiro atoms. The van der Waals surface area contributed by atoms with E-state index in [1.165, 1.54) is 0 Å². The highest BCUT2D eigenvalue weighted by Gasteiger charge is 2.46. The lowest BCUT2D eigenvalue weighted by atomic mass is 9.97. The van der Waals surface area contributed by atoms with Crippen molar-refractivity contribution in [2.75, 3.05) is 0 Å². The Morgan fingerprint density at radius 1 is 0.860 bits per heavy atom. The fourth-order valence-corrected chi connectivity index (χ4v) is 5.80. The molecule has 208 valence electrons. The summed E-state index contributed by atoms with van der Waals surface area (Å²) < 4.78 is 1.87. The first-order valence-corrected chi connectivity index (χ1v) is 14.1. The number of aromatic carboxylic acids is 1. The number of carboxylic acids is 1. The van der Waals surface area contributed by atoms with E-state index in [0.29, 0.717) is 17.7 Å². The molecule has 1 fully saturated rings. The number of carboxylic acid groups (broad SMARTS) is 1. The Morgan fingerprint density at radius 3 is 2.40 bits per heavy atom. The highest BCUT2D eigenvalue weighted by molar-refractivity contribution is 6.08. The maximum Gasteiger partial charge on any atom is 0.335 e. The van der Waals surface area contributed by atoms with Gasteiger partial charge in [0.05, 0.1) is 46.6 Å². The van der Waals surface area contributed by atoms with Crippen molar-refractivity contribution in [2.24, 2.45) is 0 Å². The molecule has 0 unspecified atom stereocenters. The minimum Gasteiger partial charge on any atom is -0.478 e. The second-order valence-corrected chi connectivity index (χ2v) is 11.1. The summed E-state index contributed by atoms with van der Waals surface area (Å²) in [4.78, 5) is 25.5. The van der Waals surface area contributed by atoms with Gasteiger partial charge in [-0.05, 0) is 88.3 Å². The first kappa shape index (κ1) is 26.2. The van der Waals surface area contributed by atoms with Crippen LogP contribution in [0.4, 0.5) is 0 Å². The number of benzene rings is 5. The third kappa shape index (κ3) is 4.89. The quantitative estimate of drug-likeness (QED) is 0.220. The van der Waals surface area contributed by atoms with E-state index in [1.807, 2.05) is 47.1 Å². The second-order valence-electron chi connectivity index (χ2n) is 11.1. The summed E-state index contributed by atoms with van der Waals surface area (Å²) in [6.07, 6.45) is 3.30. The normalized spacial score (nSPS) is 13.5. The predicted molar refractivity (Wildman–Crippen MR) is 165 cm³/mol. The number of carbonyl (C=O) groups is 2. The number of nitrogens with zero attached hydrogens (tertiary/aromatic N) is 3. The number of carbonyl (C=O) groups excluding carboxylic acids is 1. The molecule has 0 bridgehead atoms. The van der Waals surface area contributed by atoms with Crippen LogP contribution in [0.2, 0.25) is 0 Å². The van der Waals surface area contributed by atoms with Crippen LogP contribution >= 0.6 is 0 Å². The molecule has 0 atom stereocenters. The van der Waals surface area contributed by atoms with Crippen molar-refractivity contribution in [1.29, 1.82) is 5.26 Å². The number of fused-ring (bicyclic) bond motifs is 2. The molecule has 1 aromatic heterocycles. The maximum atomic E-state index is 14.1. The molecule has 7 heteroatoms. The lowest BCUT2D eigenvalue weighted by Crippen LogP contribution is -2.35. The molecule has 7 rings (SSSR count). The first-order valence-electron chi connectivity index (χ1n) is 14.1. The number of rotatable bonds is 7. The fraction of sp³-hybridized carbons (Fsp3) is 0.111. The number of nitrogens with one attached hydrogen (secondary N) is 1. The van der Waals surface area contributed by atoms with Gasteiger partial charge < -0.3 is 10.4 Å². The van der Waals surface area contributed by atoms with Gasteiger partial charge in [0.15, 0.2) is 0 Å². The third-order valence-electron chi connectivity index (χ3n) is 8.24. The fourth-order valence-electron chi connectivity index (χ4n) is 5.80. The van der Waals surface area contributed by atoms with Gasteiger partial charge in [0, 0.05) is 5.39 Å². The minimum absolute atomic E-state index is 0.206. The van der Waals surface area contributed by atoms with Crippen LogP contribution in [-0.4, -0.2) is 26.8 Å². The average Bonchev–Trinajstić information content (AvgIpc) is 3.72. The Labute approximate surface area is 247 Å². The van der Waals surface area contributed by atoms with Gasteiger partial charge in [-0.3, -0.25) is 9.48 Å². The zero-order valence-electron chi connectivity index (χ0n) is 23.1. The molecule has 0 aliphatic heterocycles. The molecule has 1 amide bonds. The summed E-state index contributed by atoms with van der Waals surface area (Å²) in [7, 11) is 0. The van der Waals surface area contributed by atoms with Crippen LogP contribution in [0, 0.1) is 11.3 Å². The number of amides is 1. The smallest absolute Gasteiger partial charge is 0.335 e. The first-order chi connectivity index (χ1) is 20.9. The molecule has 43 heavy (non-hydrogen) atoms. The molecule has 2 N–H and O–H groups in total. The molecule has 5 aromatic carbocycles. The summed E-state index contributed by atoms with van der Waals surface area (Å²) in [5.41, 5.74) is 5.00. The zero-order valence-corrected chi connectivity index (χ0v) is 23.1. The van der Waals surface area contributed by atoms with Crippen LogP contribution in [0.1, 0.15) is 50.2 Å². The number of hydrogen-bond acceptors (Lipinski definition) is 4. The number of hydrogen-bond donors (Lipinski definition) is 2. The Balaban J connectivity index is 1.30. The minimum atomic E-state index is -0.986. The van der Waals surface area contributed by atoms with E-state index in [-0.39, 0.29) is 11.5 Å². The van der Waals surface area contributed by atoms with Crippen molar-refractivity contribution < 1.29 is 14.7 Å². The number of aromatic nitrogens is 2. The van der Waals surface area contributed by atoms with Crippen LogP contribution in [0.3, 0.4) is 0 Å². The SMILES string of the molecule is N#Cc1cccc(-c2cc(C(=O)NC3(c4ccc(C(=O)O)cc4)CC3)c3c(cnn3Cc3ccc4ccccc4c3)c2)c1. The highest BCUT2D eigenvalue weighted by Crippen LogP contribution is 2.46. The molecule has 0 saturated heterocycles. The molecule has 1 heterocycles. The van der Waals surface area contributed by atoms with Gasteiger partial charge in [-0.15, -0.1) is 0 Å². The number of nitriles is 1. The largest absolute Gasteiger partial charge is 0.478 e. The second kappa shape index (κ2) is 10.3. The Morgan fingerprint density at radius 2 is 1.65 bits per heavy atom. The van der Waals surface area contributed by atoms with E-state index >= 15 is 0 Å². The van der Waals surface area contributed by atoms with Crippen molar-refractivity contribution in [3.05, 3.63) is 137 Å². The van der Waals surface area contributed by atoms with Gasteiger partial charge in [-0.2, -0.15) is 10.4 Å². The Bertz CT molecular complexity index is 2100. The van der Waals surface area contributed by atoms with Gasteiger partial charge in [-0.1, -0.05) is 60.7 Å². The monoisotopic (exact) mass is 562 g/mol. The van der Waals surface area contributed by atoms with Gasteiger partial charge in [0.25, 0.3) is 5.91 Å². The van der Waals surface area contributed by atoms with E-state index < -0.39 is 11.5 Å². The van der Waals surface area contributed by atoms with E-state index in [4.69, 9.17) is 5.10 Å². The van der Waals surface area contributed by atoms with E-state index in [1.54, 1.807) is 36.5 Å². The van der Waals surface area contributed by atoms with Crippen molar-refractivity contribution in [2.45, 2.75) is 24.9 Å². The van der Waals surface area contributed by atoms with Gasteiger partial charge in [0.2, 0.25) is 0 Å². The standard InChI is InChI=1S/C36H26N4O3/c37-20-23-4-3-7-28(16-23)29-18-30-21-38-40(22-24-8-9-25-5-1-2-6-27(25)17-24)33(30)32(19-29)34(41)39-36(14-15-36)31-12-10-26(11-13-31)35(42)43/h1-13,16-19,21H,14-15,22H2,(H,39,41)(H,42,43). The van der Waals surface area contributed by atoms with Crippen molar-refractivity contribution in [3.63, 3.8) is 0 Å². The van der Waals surface area contributed by atoms with E-state index in [0.717, 1.165) is 56.8 Å². The van der Waals surface area contributed by atoms with Crippen molar-refractivity contribution in [1.82, 2.24) is 15.1 Å². The van der Waals surface area contributed by atoms with E-state index in [2.05, 4.69) is 41.7 Å². The van der Waals surface area contributed by atoms with Crippen LogP contribution in [0.5, 0.6) is 0 Å². The molecule has 1 aliphatic carbocycles.